The van der Waals surface area contributed by atoms with Crippen molar-refractivity contribution in [2.45, 2.75) is 52.0 Å². The van der Waals surface area contributed by atoms with E-state index in [4.69, 9.17) is 11.6 Å². The average molecular weight is 510 g/mol. The molecule has 194 valence electrons. The predicted octanol–water partition coefficient (Wildman–Crippen LogP) is 5.27. The minimum absolute atomic E-state index is 0.00600. The van der Waals surface area contributed by atoms with Crippen LogP contribution < -0.4 is 0 Å². The van der Waals surface area contributed by atoms with Crippen molar-refractivity contribution in [1.29, 1.82) is 0 Å². The molecule has 0 radical (unpaired) electrons. The number of carbonyl (C=O) groups excluding carboxylic acids is 2. The highest BCUT2D eigenvalue weighted by atomic mass is 35.5. The van der Waals surface area contributed by atoms with Gasteiger partial charge in [0.1, 0.15) is 0 Å². The predicted molar refractivity (Wildman–Crippen MR) is 146 cm³/mol. The van der Waals surface area contributed by atoms with Gasteiger partial charge in [-0.2, -0.15) is 0 Å². The van der Waals surface area contributed by atoms with Gasteiger partial charge in [0.15, 0.2) is 0 Å². The molecule has 0 unspecified atom stereocenters. The third-order valence-electron chi connectivity index (χ3n) is 7.84. The summed E-state index contributed by atoms with van der Waals surface area (Å²) in [6, 6.07) is 18.6. The lowest BCUT2D eigenvalue weighted by molar-refractivity contribution is -0.140. The van der Waals surface area contributed by atoms with Gasteiger partial charge in [0.05, 0.1) is 0 Å². The van der Waals surface area contributed by atoms with Crippen LogP contribution in [0, 0.1) is 11.8 Å². The molecule has 2 saturated heterocycles. The number of rotatable bonds is 9. The lowest BCUT2D eigenvalue weighted by Gasteiger charge is -2.35. The first-order chi connectivity index (χ1) is 17.5. The average Bonchev–Trinajstić information content (AvgIpc) is 2.89. The summed E-state index contributed by atoms with van der Waals surface area (Å²) in [7, 11) is 0. The van der Waals surface area contributed by atoms with E-state index >= 15 is 0 Å². The van der Waals surface area contributed by atoms with Gasteiger partial charge < -0.3 is 14.7 Å². The van der Waals surface area contributed by atoms with Crippen LogP contribution in [-0.4, -0.2) is 65.8 Å². The first kappa shape index (κ1) is 26.7. The van der Waals surface area contributed by atoms with Gasteiger partial charge in [-0.3, -0.25) is 9.59 Å². The Kier molecular flexibility index (Phi) is 9.82. The lowest BCUT2D eigenvalue weighted by Crippen LogP contribution is -2.44. The molecule has 0 aliphatic carbocycles. The Bertz CT molecular complexity index is 983. The molecule has 4 rings (SSSR count). The van der Waals surface area contributed by atoms with Gasteiger partial charge in [-0.25, -0.2) is 0 Å². The van der Waals surface area contributed by atoms with Crippen LogP contribution in [0.25, 0.3) is 0 Å². The second-order valence-electron chi connectivity index (χ2n) is 10.5. The van der Waals surface area contributed by atoms with E-state index in [0.717, 1.165) is 56.9 Å². The zero-order valence-electron chi connectivity index (χ0n) is 21.6. The van der Waals surface area contributed by atoms with E-state index in [1.54, 1.807) is 6.92 Å². The van der Waals surface area contributed by atoms with Gasteiger partial charge in [-0.15, -0.1) is 0 Å². The zero-order chi connectivity index (χ0) is 25.3. The number of benzene rings is 2. The number of hydrogen-bond acceptors (Lipinski definition) is 3. The van der Waals surface area contributed by atoms with Crippen LogP contribution in [0.1, 0.15) is 50.2 Å². The Morgan fingerprint density at radius 1 is 0.917 bits per heavy atom. The van der Waals surface area contributed by atoms with E-state index in [1.165, 1.54) is 24.8 Å². The van der Waals surface area contributed by atoms with E-state index in [1.807, 2.05) is 34.1 Å². The van der Waals surface area contributed by atoms with E-state index in [9.17, 15) is 9.59 Å². The number of carbonyl (C=O) groups is 2. The monoisotopic (exact) mass is 509 g/mol. The number of likely N-dealkylation sites (tertiary alicyclic amines) is 2. The van der Waals surface area contributed by atoms with Crippen molar-refractivity contribution >= 4 is 23.4 Å². The van der Waals surface area contributed by atoms with Gasteiger partial charge >= 0.3 is 0 Å². The summed E-state index contributed by atoms with van der Waals surface area (Å²) in [5.41, 5.74) is 2.51. The molecule has 2 aromatic carbocycles. The maximum Gasteiger partial charge on any atom is 0.226 e. The fraction of sp³-hybridized carbons (Fsp3) is 0.533. The number of nitrogens with zero attached hydrogens (tertiary/aromatic N) is 3. The molecular formula is C30H40ClN3O2. The molecular weight excluding hydrogens is 470 g/mol. The van der Waals surface area contributed by atoms with E-state index < -0.39 is 0 Å². The first-order valence-corrected chi connectivity index (χ1v) is 13.9. The first-order valence-electron chi connectivity index (χ1n) is 13.5. The smallest absolute Gasteiger partial charge is 0.226 e. The molecule has 2 heterocycles. The third kappa shape index (κ3) is 7.81. The Morgan fingerprint density at radius 3 is 2.28 bits per heavy atom. The minimum atomic E-state index is -0.00600. The van der Waals surface area contributed by atoms with Crippen LogP contribution in [0.5, 0.6) is 0 Å². The van der Waals surface area contributed by atoms with Gasteiger partial charge in [-0.05, 0) is 87.3 Å². The summed E-state index contributed by atoms with van der Waals surface area (Å²) in [5.74, 6) is 1.09. The summed E-state index contributed by atoms with van der Waals surface area (Å²) in [4.78, 5) is 31.7. The fourth-order valence-corrected chi connectivity index (χ4v) is 5.88. The molecule has 2 amide bonds. The molecule has 5 nitrogen and oxygen atoms in total. The van der Waals surface area contributed by atoms with Crippen molar-refractivity contribution in [2.75, 3.05) is 39.3 Å². The molecule has 36 heavy (non-hydrogen) atoms. The molecule has 2 aliphatic rings. The highest BCUT2D eigenvalue weighted by molar-refractivity contribution is 6.30. The topological polar surface area (TPSA) is 43.9 Å². The van der Waals surface area contributed by atoms with Gasteiger partial charge in [0.2, 0.25) is 11.8 Å². The zero-order valence-corrected chi connectivity index (χ0v) is 22.3. The van der Waals surface area contributed by atoms with Gasteiger partial charge in [-0.1, -0.05) is 54.1 Å². The van der Waals surface area contributed by atoms with Crippen LogP contribution >= 0.6 is 11.6 Å². The van der Waals surface area contributed by atoms with Crippen LogP contribution in [0.3, 0.4) is 0 Å². The van der Waals surface area contributed by atoms with E-state index in [2.05, 4.69) is 35.2 Å². The van der Waals surface area contributed by atoms with E-state index in [-0.39, 0.29) is 17.7 Å². The number of amides is 2. The van der Waals surface area contributed by atoms with Crippen molar-refractivity contribution in [3.8, 4) is 0 Å². The highest BCUT2D eigenvalue weighted by Gasteiger charge is 2.29. The van der Waals surface area contributed by atoms with Crippen molar-refractivity contribution in [3.05, 3.63) is 70.7 Å². The van der Waals surface area contributed by atoms with Gasteiger partial charge in [0.25, 0.3) is 0 Å². The summed E-state index contributed by atoms with van der Waals surface area (Å²) < 4.78 is 0. The summed E-state index contributed by atoms with van der Waals surface area (Å²) in [6.07, 6.45) is 6.14. The minimum Gasteiger partial charge on any atom is -0.343 e. The van der Waals surface area contributed by atoms with E-state index in [0.29, 0.717) is 24.7 Å². The molecule has 6 heteroatoms. The molecule has 2 aliphatic heterocycles. The second-order valence-corrected chi connectivity index (χ2v) is 10.9. The summed E-state index contributed by atoms with van der Waals surface area (Å²) >= 11 is 6.22. The maximum atomic E-state index is 13.5. The third-order valence-corrected chi connectivity index (χ3v) is 8.08. The lowest BCUT2D eigenvalue weighted by atomic mass is 9.90. The summed E-state index contributed by atoms with van der Waals surface area (Å²) in [6.45, 7) is 7.61. The van der Waals surface area contributed by atoms with Crippen molar-refractivity contribution in [3.63, 3.8) is 0 Å². The number of hydrogen-bond donors (Lipinski definition) is 0. The Hall–Kier alpha value is -2.37. The SMILES string of the molecule is CC(=O)N1CCC(C(=O)N(CCCN2CCC(Cc3ccccc3)CC2)Cc2cccc(Cl)c2)CC1. The number of piperidine rings is 2. The Balaban J connectivity index is 1.28. The molecule has 0 bridgehead atoms. The Morgan fingerprint density at radius 2 is 1.61 bits per heavy atom. The molecule has 2 fully saturated rings. The van der Waals surface area contributed by atoms with Crippen LogP contribution in [0.15, 0.2) is 54.6 Å². The quantitative estimate of drug-likeness (QED) is 0.462. The van der Waals surface area contributed by atoms with Crippen molar-refractivity contribution in [2.24, 2.45) is 11.8 Å². The molecule has 0 atom stereocenters. The standard InChI is InChI=1S/C30H40ClN3O2/c1-24(35)33-19-13-28(14-20-33)30(36)34(23-27-9-5-10-29(31)22-27)16-6-15-32-17-11-26(12-18-32)21-25-7-3-2-4-8-25/h2-5,7-10,22,26,28H,6,11-21,23H2,1H3. The fourth-order valence-electron chi connectivity index (χ4n) is 5.67. The van der Waals surface area contributed by atoms with Crippen LogP contribution in [0.4, 0.5) is 0 Å². The number of halogens is 1. The van der Waals surface area contributed by atoms with Gasteiger partial charge in [0, 0.05) is 44.0 Å². The largest absolute Gasteiger partial charge is 0.343 e. The van der Waals surface area contributed by atoms with Crippen LogP contribution in [-0.2, 0) is 22.6 Å². The second kappa shape index (κ2) is 13.3. The normalized spacial score (nSPS) is 17.8. The maximum absolute atomic E-state index is 13.5. The molecule has 0 aromatic heterocycles. The highest BCUT2D eigenvalue weighted by Crippen LogP contribution is 2.24. The molecule has 0 N–H and O–H groups in total. The van der Waals surface area contributed by atoms with Crippen molar-refractivity contribution in [1.82, 2.24) is 14.7 Å². The molecule has 0 spiro atoms. The Labute approximate surface area is 221 Å². The van der Waals surface area contributed by atoms with Crippen molar-refractivity contribution < 1.29 is 9.59 Å². The summed E-state index contributed by atoms with van der Waals surface area (Å²) in [5, 5.41) is 0.702. The molecule has 0 saturated carbocycles. The molecule has 2 aromatic rings. The van der Waals surface area contributed by atoms with Crippen LogP contribution in [0.2, 0.25) is 5.02 Å².